The molecule has 2 heterocycles. The predicted molar refractivity (Wildman–Crippen MR) is 113 cm³/mol. The Labute approximate surface area is 178 Å². The number of nitrogens with zero attached hydrogens (tertiary/aromatic N) is 2. The summed E-state index contributed by atoms with van der Waals surface area (Å²) in [4.78, 5) is 19.1. The molecule has 0 radical (unpaired) electrons. The molecule has 160 valence electrons. The molecule has 1 aliphatic heterocycles. The van der Waals surface area contributed by atoms with E-state index in [-0.39, 0.29) is 11.9 Å². The van der Waals surface area contributed by atoms with Crippen LogP contribution in [-0.2, 0) is 11.0 Å². The number of amides is 1. The summed E-state index contributed by atoms with van der Waals surface area (Å²) in [5.41, 5.74) is 1.05. The Bertz CT molecular complexity index is 968. The molecule has 1 fully saturated rings. The van der Waals surface area contributed by atoms with Crippen LogP contribution in [0.3, 0.4) is 0 Å². The Morgan fingerprint density at radius 2 is 1.58 bits per heavy atom. The molecular formula is C24H22F3N3O. The highest BCUT2D eigenvalue weighted by atomic mass is 19.4. The van der Waals surface area contributed by atoms with Crippen LogP contribution >= 0.6 is 0 Å². The van der Waals surface area contributed by atoms with Crippen molar-refractivity contribution in [3.05, 3.63) is 95.7 Å². The first-order valence-corrected chi connectivity index (χ1v) is 10.1. The maximum Gasteiger partial charge on any atom is 0.417 e. The molecule has 3 aromatic rings. The highest BCUT2D eigenvalue weighted by Gasteiger charge is 2.32. The van der Waals surface area contributed by atoms with Crippen LogP contribution in [0.15, 0.2) is 79.0 Å². The standard InChI is InChI=1S/C24H22F3N3O/c25-24(26,27)19-11-12-21(28-15-19)30-14-13-20(16-30)29-23(31)22(17-7-3-1-4-8-17)18-9-5-2-6-10-18/h1-12,15,20,22H,13-14,16H2,(H,29,31). The fourth-order valence-electron chi connectivity index (χ4n) is 3.90. The van der Waals surface area contributed by atoms with E-state index in [1.54, 1.807) is 0 Å². The van der Waals surface area contributed by atoms with Crippen LogP contribution < -0.4 is 10.2 Å². The van der Waals surface area contributed by atoms with E-state index in [1.165, 1.54) is 6.07 Å². The average Bonchev–Trinajstić information content (AvgIpc) is 3.23. The van der Waals surface area contributed by atoms with Gasteiger partial charge in [-0.25, -0.2) is 4.98 Å². The number of halogens is 3. The SMILES string of the molecule is O=C(NC1CCN(c2ccc(C(F)(F)F)cn2)C1)C(c1ccccc1)c1ccccc1. The van der Waals surface area contributed by atoms with Gasteiger partial charge in [0.05, 0.1) is 11.5 Å². The van der Waals surface area contributed by atoms with Gasteiger partial charge in [-0.15, -0.1) is 0 Å². The van der Waals surface area contributed by atoms with Crippen molar-refractivity contribution in [2.75, 3.05) is 18.0 Å². The van der Waals surface area contributed by atoms with Gasteiger partial charge in [-0.05, 0) is 29.7 Å². The molecule has 2 aromatic carbocycles. The van der Waals surface area contributed by atoms with E-state index < -0.39 is 17.7 Å². The molecule has 4 nitrogen and oxygen atoms in total. The van der Waals surface area contributed by atoms with Gasteiger partial charge in [0, 0.05) is 25.3 Å². The number of anilines is 1. The van der Waals surface area contributed by atoms with E-state index in [0.29, 0.717) is 25.3 Å². The highest BCUT2D eigenvalue weighted by Crippen LogP contribution is 2.30. The molecule has 1 amide bonds. The molecule has 0 bridgehead atoms. The van der Waals surface area contributed by atoms with Crippen molar-refractivity contribution >= 4 is 11.7 Å². The van der Waals surface area contributed by atoms with E-state index >= 15 is 0 Å². The molecule has 4 rings (SSSR count). The van der Waals surface area contributed by atoms with Crippen molar-refractivity contribution in [1.29, 1.82) is 0 Å². The molecule has 0 saturated carbocycles. The molecule has 7 heteroatoms. The zero-order valence-corrected chi connectivity index (χ0v) is 16.7. The van der Waals surface area contributed by atoms with Gasteiger partial charge < -0.3 is 10.2 Å². The lowest BCUT2D eigenvalue weighted by Crippen LogP contribution is -2.40. The van der Waals surface area contributed by atoms with Gasteiger partial charge in [-0.2, -0.15) is 13.2 Å². The molecule has 31 heavy (non-hydrogen) atoms. The molecular weight excluding hydrogens is 403 g/mol. The Balaban J connectivity index is 1.45. The van der Waals surface area contributed by atoms with E-state index in [9.17, 15) is 18.0 Å². The Hall–Kier alpha value is -3.35. The van der Waals surface area contributed by atoms with Crippen LogP contribution in [0.2, 0.25) is 0 Å². The van der Waals surface area contributed by atoms with Crippen LogP contribution in [0, 0.1) is 0 Å². The minimum atomic E-state index is -4.41. The summed E-state index contributed by atoms with van der Waals surface area (Å²) < 4.78 is 38.3. The molecule has 1 aliphatic rings. The summed E-state index contributed by atoms with van der Waals surface area (Å²) in [6.45, 7) is 1.12. The molecule has 1 unspecified atom stereocenters. The number of alkyl halides is 3. The summed E-state index contributed by atoms with van der Waals surface area (Å²) >= 11 is 0. The predicted octanol–water partition coefficient (Wildman–Crippen LogP) is 4.63. The third-order valence-electron chi connectivity index (χ3n) is 5.46. The van der Waals surface area contributed by atoms with E-state index in [2.05, 4.69) is 10.3 Å². The first-order valence-electron chi connectivity index (χ1n) is 10.1. The molecule has 0 aliphatic carbocycles. The highest BCUT2D eigenvalue weighted by molar-refractivity contribution is 5.87. The number of pyridine rings is 1. The fraction of sp³-hybridized carbons (Fsp3) is 0.250. The summed E-state index contributed by atoms with van der Waals surface area (Å²) in [5, 5.41) is 3.12. The topological polar surface area (TPSA) is 45.2 Å². The number of carbonyl (C=O) groups excluding carboxylic acids is 1. The van der Waals surface area contributed by atoms with Crippen LogP contribution in [0.25, 0.3) is 0 Å². The van der Waals surface area contributed by atoms with Gasteiger partial charge in [0.1, 0.15) is 5.82 Å². The summed E-state index contributed by atoms with van der Waals surface area (Å²) in [6.07, 6.45) is -2.86. The van der Waals surface area contributed by atoms with Crippen molar-refractivity contribution < 1.29 is 18.0 Å². The van der Waals surface area contributed by atoms with E-state index in [4.69, 9.17) is 0 Å². The minimum absolute atomic E-state index is 0.0929. The summed E-state index contributed by atoms with van der Waals surface area (Å²) in [7, 11) is 0. The van der Waals surface area contributed by atoms with Crippen molar-refractivity contribution in [3.8, 4) is 0 Å². The van der Waals surface area contributed by atoms with Crippen LogP contribution in [-0.4, -0.2) is 30.0 Å². The third kappa shape index (κ3) is 4.87. The Kier molecular flexibility index (Phi) is 5.93. The normalized spacial score (nSPS) is 16.5. The number of aromatic nitrogens is 1. The Morgan fingerprint density at radius 3 is 2.10 bits per heavy atom. The second kappa shape index (κ2) is 8.79. The van der Waals surface area contributed by atoms with Gasteiger partial charge in [0.25, 0.3) is 0 Å². The first kappa shape index (κ1) is 20.9. The second-order valence-electron chi connectivity index (χ2n) is 7.60. The molecule has 0 spiro atoms. The number of benzene rings is 2. The fourth-order valence-corrected chi connectivity index (χ4v) is 3.90. The zero-order chi connectivity index (χ0) is 21.8. The van der Waals surface area contributed by atoms with Gasteiger partial charge in [0.2, 0.25) is 5.91 Å². The van der Waals surface area contributed by atoms with Crippen LogP contribution in [0.4, 0.5) is 19.0 Å². The van der Waals surface area contributed by atoms with Crippen LogP contribution in [0.1, 0.15) is 29.0 Å². The van der Waals surface area contributed by atoms with E-state index in [0.717, 1.165) is 23.4 Å². The number of nitrogens with one attached hydrogen (secondary N) is 1. The first-order chi connectivity index (χ1) is 14.9. The third-order valence-corrected chi connectivity index (χ3v) is 5.46. The molecule has 1 aromatic heterocycles. The molecule has 1 N–H and O–H groups in total. The number of rotatable bonds is 5. The maximum atomic E-state index is 13.2. The van der Waals surface area contributed by atoms with Gasteiger partial charge in [-0.1, -0.05) is 60.7 Å². The number of carbonyl (C=O) groups is 1. The summed E-state index contributed by atoms with van der Waals surface area (Å²) in [5.74, 6) is -0.0438. The quantitative estimate of drug-likeness (QED) is 0.649. The lowest BCUT2D eigenvalue weighted by Gasteiger charge is -2.22. The zero-order valence-electron chi connectivity index (χ0n) is 16.7. The van der Waals surface area contributed by atoms with Gasteiger partial charge >= 0.3 is 6.18 Å². The van der Waals surface area contributed by atoms with Gasteiger partial charge in [-0.3, -0.25) is 4.79 Å². The minimum Gasteiger partial charge on any atom is -0.354 e. The lowest BCUT2D eigenvalue weighted by atomic mass is 9.90. The smallest absolute Gasteiger partial charge is 0.354 e. The van der Waals surface area contributed by atoms with E-state index in [1.807, 2.05) is 65.6 Å². The van der Waals surface area contributed by atoms with Crippen molar-refractivity contribution in [2.24, 2.45) is 0 Å². The second-order valence-corrected chi connectivity index (χ2v) is 7.60. The van der Waals surface area contributed by atoms with Crippen molar-refractivity contribution in [2.45, 2.75) is 24.6 Å². The molecule has 1 saturated heterocycles. The van der Waals surface area contributed by atoms with Crippen molar-refractivity contribution in [1.82, 2.24) is 10.3 Å². The van der Waals surface area contributed by atoms with Crippen LogP contribution in [0.5, 0.6) is 0 Å². The monoisotopic (exact) mass is 425 g/mol. The maximum absolute atomic E-state index is 13.2. The number of hydrogen-bond donors (Lipinski definition) is 1. The Morgan fingerprint density at radius 1 is 0.968 bits per heavy atom. The van der Waals surface area contributed by atoms with Crippen molar-refractivity contribution in [3.63, 3.8) is 0 Å². The van der Waals surface area contributed by atoms with Gasteiger partial charge in [0.15, 0.2) is 0 Å². The lowest BCUT2D eigenvalue weighted by molar-refractivity contribution is -0.137. The average molecular weight is 425 g/mol. The largest absolute Gasteiger partial charge is 0.417 e. The number of hydrogen-bond acceptors (Lipinski definition) is 3. The molecule has 1 atom stereocenters. The summed E-state index contributed by atoms with van der Waals surface area (Å²) in [6, 6.07) is 21.5.